The van der Waals surface area contributed by atoms with E-state index < -0.39 is 17.8 Å². The first kappa shape index (κ1) is 23.5. The third-order valence-electron chi connectivity index (χ3n) is 4.81. The van der Waals surface area contributed by atoms with Crippen molar-refractivity contribution in [2.75, 3.05) is 25.1 Å². The van der Waals surface area contributed by atoms with Crippen LogP contribution in [0.15, 0.2) is 42.7 Å². The number of carbonyl (C=O) groups excluding carboxylic acids is 1. The van der Waals surface area contributed by atoms with E-state index in [1.807, 2.05) is 0 Å². The number of halogens is 2. The van der Waals surface area contributed by atoms with Gasteiger partial charge in [-0.2, -0.15) is 10.1 Å². The highest BCUT2D eigenvalue weighted by atomic mass is 35.5. The number of aromatic amines is 1. The van der Waals surface area contributed by atoms with Crippen molar-refractivity contribution in [1.82, 2.24) is 25.1 Å². The van der Waals surface area contributed by atoms with Gasteiger partial charge in [0.15, 0.2) is 11.5 Å². The normalized spacial score (nSPS) is 12.0. The summed E-state index contributed by atoms with van der Waals surface area (Å²) in [6, 6.07) is 7.69. The molecule has 0 aliphatic carbocycles. The van der Waals surface area contributed by atoms with Gasteiger partial charge in [-0.25, -0.2) is 14.4 Å². The first-order chi connectivity index (χ1) is 16.5. The number of nitrogens with zero attached hydrogens (tertiary/aromatic N) is 4. The van der Waals surface area contributed by atoms with Crippen LogP contribution < -0.4 is 10.1 Å². The van der Waals surface area contributed by atoms with Gasteiger partial charge >= 0.3 is 0 Å². The van der Waals surface area contributed by atoms with Crippen molar-refractivity contribution in [1.29, 1.82) is 0 Å². The third-order valence-corrected chi connectivity index (χ3v) is 5.04. The Morgan fingerprint density at radius 1 is 1.26 bits per heavy atom. The number of rotatable bonds is 9. The molecule has 12 heteroatoms. The number of H-pyrrole nitrogens is 1. The number of amides is 1. The lowest BCUT2D eigenvalue weighted by Crippen LogP contribution is -2.37. The molecule has 0 bridgehead atoms. The Kier molecular flexibility index (Phi) is 7.26. The highest BCUT2D eigenvalue weighted by Gasteiger charge is 2.25. The van der Waals surface area contributed by atoms with E-state index in [1.165, 1.54) is 24.5 Å². The molecule has 3 N–H and O–H groups in total. The number of hydrogen-bond donors (Lipinski definition) is 3. The Balaban J connectivity index is 1.67. The predicted octanol–water partition coefficient (Wildman–Crippen LogP) is 2.91. The second-order valence-electron chi connectivity index (χ2n) is 7.15. The maximum Gasteiger partial charge on any atom is 0.269 e. The van der Waals surface area contributed by atoms with E-state index >= 15 is 0 Å². The van der Waals surface area contributed by atoms with Crippen molar-refractivity contribution in [3.05, 3.63) is 59.1 Å². The van der Waals surface area contributed by atoms with Crippen LogP contribution in [0.4, 0.5) is 10.2 Å². The van der Waals surface area contributed by atoms with Crippen LogP contribution >= 0.6 is 11.6 Å². The molecule has 3 aromatic heterocycles. The summed E-state index contributed by atoms with van der Waals surface area (Å²) in [7, 11) is 0. The van der Waals surface area contributed by atoms with Crippen LogP contribution in [0.2, 0.25) is 5.02 Å². The number of pyridine rings is 1. The van der Waals surface area contributed by atoms with Gasteiger partial charge in [-0.3, -0.25) is 9.89 Å². The van der Waals surface area contributed by atoms with Gasteiger partial charge in [0.05, 0.1) is 31.0 Å². The Bertz CT molecular complexity index is 1300. The molecule has 0 saturated carbocycles. The molecule has 0 aliphatic rings. The number of anilines is 1. The summed E-state index contributed by atoms with van der Waals surface area (Å²) >= 11 is 5.84. The van der Waals surface area contributed by atoms with Crippen molar-refractivity contribution in [2.45, 2.75) is 13.0 Å². The van der Waals surface area contributed by atoms with E-state index in [9.17, 15) is 9.18 Å². The molecule has 0 spiro atoms. The lowest BCUT2D eigenvalue weighted by molar-refractivity contribution is -0.125. The fourth-order valence-corrected chi connectivity index (χ4v) is 3.19. The topological polar surface area (TPSA) is 135 Å². The standard InChI is InChI=1S/C22H20ClFN6O4/c1-12-14(3-2-4-16(12)24)19-28-20-15(10-26-30-20)22(29-19)34-17(11-33-8-7-31)21(32)27-18-6-5-13(23)9-25-18/h2-6,9-10,17,31H,7-8,11H2,1H3,(H,25,27,32)(H,26,28,29,30)/t17-/m0/s1. The molecule has 34 heavy (non-hydrogen) atoms. The van der Waals surface area contributed by atoms with Crippen LogP contribution in [-0.4, -0.2) is 62.1 Å². The summed E-state index contributed by atoms with van der Waals surface area (Å²) in [6.45, 7) is 1.21. The highest BCUT2D eigenvalue weighted by Crippen LogP contribution is 2.28. The van der Waals surface area contributed by atoms with Crippen LogP contribution in [0, 0.1) is 12.7 Å². The Hall–Kier alpha value is -3.67. The molecule has 1 atom stereocenters. The first-order valence-corrected chi connectivity index (χ1v) is 10.6. The Labute approximate surface area is 198 Å². The minimum atomic E-state index is -1.17. The zero-order valence-corrected chi connectivity index (χ0v) is 18.7. The maximum atomic E-state index is 14.1. The van der Waals surface area contributed by atoms with Crippen LogP contribution in [0.25, 0.3) is 22.4 Å². The molecule has 10 nitrogen and oxygen atoms in total. The summed E-state index contributed by atoms with van der Waals surface area (Å²) < 4.78 is 25.4. The molecule has 1 aromatic carbocycles. The molecule has 0 fully saturated rings. The van der Waals surface area contributed by atoms with Gasteiger partial charge in [0.1, 0.15) is 17.0 Å². The van der Waals surface area contributed by atoms with E-state index in [0.717, 1.165) is 0 Å². The monoisotopic (exact) mass is 486 g/mol. The number of aromatic nitrogens is 5. The fraction of sp³-hybridized carbons (Fsp3) is 0.227. The molecule has 0 saturated heterocycles. The van der Waals surface area contributed by atoms with Gasteiger partial charge in [-0.15, -0.1) is 0 Å². The number of ether oxygens (including phenoxy) is 2. The van der Waals surface area contributed by atoms with E-state index in [1.54, 1.807) is 25.1 Å². The molecule has 0 unspecified atom stereocenters. The number of aliphatic hydroxyl groups excluding tert-OH is 1. The second kappa shape index (κ2) is 10.5. The quantitative estimate of drug-likeness (QED) is 0.307. The van der Waals surface area contributed by atoms with Gasteiger partial charge in [-0.1, -0.05) is 23.7 Å². The van der Waals surface area contributed by atoms with Crippen LogP contribution in [0.1, 0.15) is 5.56 Å². The molecule has 176 valence electrons. The summed E-state index contributed by atoms with van der Waals surface area (Å²) in [6.07, 6.45) is 1.68. The number of carbonyl (C=O) groups is 1. The van der Waals surface area contributed by atoms with Gasteiger partial charge in [0.2, 0.25) is 12.0 Å². The average Bonchev–Trinajstić information content (AvgIpc) is 3.31. The third kappa shape index (κ3) is 5.28. The van der Waals surface area contributed by atoms with Crippen LogP contribution in [0.3, 0.4) is 0 Å². The lowest BCUT2D eigenvalue weighted by Gasteiger charge is -2.19. The Morgan fingerprint density at radius 2 is 2.12 bits per heavy atom. The van der Waals surface area contributed by atoms with Gasteiger partial charge in [0.25, 0.3) is 5.91 Å². The zero-order chi connectivity index (χ0) is 24.1. The van der Waals surface area contributed by atoms with Crippen LogP contribution in [0.5, 0.6) is 5.88 Å². The lowest BCUT2D eigenvalue weighted by atomic mass is 10.1. The van der Waals surface area contributed by atoms with Crippen molar-refractivity contribution in [2.24, 2.45) is 0 Å². The molecular weight excluding hydrogens is 467 g/mol. The van der Waals surface area contributed by atoms with Gasteiger partial charge in [-0.05, 0) is 30.7 Å². The summed E-state index contributed by atoms with van der Waals surface area (Å²) in [5.74, 6) is -0.463. The Morgan fingerprint density at radius 3 is 2.88 bits per heavy atom. The SMILES string of the molecule is Cc1c(F)cccc1-c1nc(O[C@@H](COCCO)C(=O)Nc2ccc(Cl)cn2)c2cn[nH]c2n1. The molecule has 4 rings (SSSR count). The predicted molar refractivity (Wildman–Crippen MR) is 122 cm³/mol. The van der Waals surface area contributed by atoms with E-state index in [0.29, 0.717) is 27.2 Å². The minimum Gasteiger partial charge on any atom is -0.461 e. The van der Waals surface area contributed by atoms with Crippen molar-refractivity contribution in [3.8, 4) is 17.3 Å². The van der Waals surface area contributed by atoms with Gasteiger partial charge in [0, 0.05) is 11.8 Å². The number of benzene rings is 1. The van der Waals surface area contributed by atoms with Crippen LogP contribution in [-0.2, 0) is 9.53 Å². The molecule has 1 amide bonds. The molecule has 3 heterocycles. The second-order valence-corrected chi connectivity index (χ2v) is 7.59. The minimum absolute atomic E-state index is 0.00493. The largest absolute Gasteiger partial charge is 0.461 e. The first-order valence-electron chi connectivity index (χ1n) is 10.2. The fourth-order valence-electron chi connectivity index (χ4n) is 3.08. The highest BCUT2D eigenvalue weighted by molar-refractivity contribution is 6.30. The van der Waals surface area contributed by atoms with E-state index in [-0.39, 0.29) is 37.3 Å². The van der Waals surface area contributed by atoms with E-state index in [2.05, 4.69) is 30.5 Å². The smallest absolute Gasteiger partial charge is 0.269 e. The zero-order valence-electron chi connectivity index (χ0n) is 18.0. The van der Waals surface area contributed by atoms with Crippen molar-refractivity contribution in [3.63, 3.8) is 0 Å². The molecular formula is C22H20ClFN6O4. The van der Waals surface area contributed by atoms with E-state index in [4.69, 9.17) is 26.2 Å². The summed E-state index contributed by atoms with van der Waals surface area (Å²) in [5.41, 5.74) is 1.17. The number of hydrogen-bond acceptors (Lipinski definition) is 8. The number of fused-ring (bicyclic) bond motifs is 1. The number of nitrogens with one attached hydrogen (secondary N) is 2. The van der Waals surface area contributed by atoms with Gasteiger partial charge < -0.3 is 19.9 Å². The summed E-state index contributed by atoms with van der Waals surface area (Å²) in [4.78, 5) is 25.8. The van der Waals surface area contributed by atoms with Crippen molar-refractivity contribution < 1.29 is 23.8 Å². The molecule has 4 aromatic rings. The average molecular weight is 487 g/mol. The molecule has 0 radical (unpaired) electrons. The number of aliphatic hydroxyl groups is 1. The summed E-state index contributed by atoms with van der Waals surface area (Å²) in [5, 5.41) is 19.2. The van der Waals surface area contributed by atoms with Crippen molar-refractivity contribution >= 4 is 34.4 Å². The maximum absolute atomic E-state index is 14.1. The molecule has 0 aliphatic heterocycles.